The van der Waals surface area contributed by atoms with Crippen LogP contribution in [0.5, 0.6) is 0 Å². The van der Waals surface area contributed by atoms with E-state index in [2.05, 4.69) is 12.1 Å². The molecule has 0 amide bonds. The summed E-state index contributed by atoms with van der Waals surface area (Å²) < 4.78 is 0. The van der Waals surface area contributed by atoms with Crippen LogP contribution in [-0.2, 0) is 0 Å². The first-order chi connectivity index (χ1) is 7.76. The van der Waals surface area contributed by atoms with Crippen LogP contribution in [0, 0.1) is 29.6 Å². The molecular weight excluding hydrogens is 216 g/mol. The largest absolute Gasteiger partial charge is 0.192 e. The average Bonchev–Trinajstić information content (AvgIpc) is 2.74. The molecule has 0 bridgehead atoms. The Balaban J connectivity index is 2.73. The van der Waals surface area contributed by atoms with Gasteiger partial charge in [-0.05, 0) is 31.2 Å². The quantitative estimate of drug-likeness (QED) is 0.744. The molecule has 0 unspecified atom stereocenters. The molecule has 0 spiro atoms. The van der Waals surface area contributed by atoms with E-state index in [0.29, 0.717) is 11.1 Å². The summed E-state index contributed by atoms with van der Waals surface area (Å²) in [5.41, 5.74) is 1.87. The van der Waals surface area contributed by atoms with Crippen molar-refractivity contribution in [1.82, 2.24) is 0 Å². The highest BCUT2D eigenvalue weighted by Gasteiger charge is 2.11. The minimum Gasteiger partial charge on any atom is -0.192 e. The Hall–Kier alpha value is -2.10. The summed E-state index contributed by atoms with van der Waals surface area (Å²) in [6, 6.07) is 13.4. The molecule has 0 N–H and O–H groups in total. The first kappa shape index (κ1) is 10.4. The fraction of sp³-hybridized carbons (Fsp3) is 0.0769. The van der Waals surface area contributed by atoms with Crippen LogP contribution in [0.4, 0.5) is 0 Å². The molecule has 0 atom stereocenters. The molecule has 0 saturated heterocycles. The Morgan fingerprint density at radius 2 is 1.62 bits per heavy atom. The highest BCUT2D eigenvalue weighted by atomic mass is 32.1. The molecule has 1 heterocycles. The van der Waals surface area contributed by atoms with Gasteiger partial charge in [0.15, 0.2) is 0 Å². The van der Waals surface area contributed by atoms with E-state index in [0.717, 1.165) is 10.4 Å². The van der Waals surface area contributed by atoms with E-state index in [9.17, 15) is 0 Å². The Labute approximate surface area is 98.0 Å². The van der Waals surface area contributed by atoms with E-state index >= 15 is 0 Å². The minimum absolute atomic E-state index is 0.556. The van der Waals surface area contributed by atoms with Gasteiger partial charge in [0.1, 0.15) is 0 Å². The first-order valence-corrected chi connectivity index (χ1v) is 5.58. The molecule has 2 rings (SSSR count). The highest BCUT2D eigenvalue weighted by Crippen LogP contribution is 2.32. The van der Waals surface area contributed by atoms with Crippen LogP contribution < -0.4 is 0 Å². The van der Waals surface area contributed by atoms with E-state index in [1.807, 2.05) is 19.1 Å². The third-order valence-electron chi connectivity index (χ3n) is 2.29. The molecule has 1 aromatic heterocycles. The first-order valence-electron chi connectivity index (χ1n) is 4.76. The fourth-order valence-corrected chi connectivity index (χ4v) is 2.51. The number of thiophene rings is 1. The smallest absolute Gasteiger partial charge is 0.0998 e. The molecule has 1 aromatic carbocycles. The number of hydrogen-bond acceptors (Lipinski definition) is 3. The zero-order valence-corrected chi connectivity index (χ0v) is 9.51. The fourth-order valence-electron chi connectivity index (χ4n) is 1.57. The molecule has 2 aromatic rings. The Bertz CT molecular complexity index is 579. The van der Waals surface area contributed by atoms with Crippen molar-refractivity contribution >= 4 is 11.3 Å². The molecule has 76 valence electrons. The zero-order valence-electron chi connectivity index (χ0n) is 8.69. The maximum Gasteiger partial charge on any atom is 0.0998 e. The predicted octanol–water partition coefficient (Wildman–Crippen LogP) is 3.47. The van der Waals surface area contributed by atoms with E-state index in [1.54, 1.807) is 29.5 Å². The van der Waals surface area contributed by atoms with Crippen LogP contribution in [-0.4, -0.2) is 0 Å². The number of rotatable bonds is 1. The minimum atomic E-state index is 0.556. The molecule has 0 aliphatic carbocycles. The van der Waals surface area contributed by atoms with Crippen LogP contribution in [0.3, 0.4) is 0 Å². The number of nitriles is 2. The van der Waals surface area contributed by atoms with Crippen LogP contribution in [0.15, 0.2) is 30.3 Å². The summed E-state index contributed by atoms with van der Waals surface area (Å²) >= 11 is 1.60. The topological polar surface area (TPSA) is 47.6 Å². The highest BCUT2D eigenvalue weighted by molar-refractivity contribution is 7.15. The van der Waals surface area contributed by atoms with Crippen molar-refractivity contribution in [2.45, 2.75) is 6.92 Å². The Kier molecular flexibility index (Phi) is 2.72. The number of aryl methyl sites for hydroxylation is 1. The van der Waals surface area contributed by atoms with Gasteiger partial charge in [-0.2, -0.15) is 10.5 Å². The van der Waals surface area contributed by atoms with Crippen molar-refractivity contribution in [2.24, 2.45) is 0 Å². The van der Waals surface area contributed by atoms with Gasteiger partial charge in [-0.25, -0.2) is 0 Å². The SMILES string of the molecule is Cc1ccc(-c2c(C#N)cccc2C#N)s1. The number of nitrogens with zero attached hydrogens (tertiary/aromatic N) is 2. The van der Waals surface area contributed by atoms with Gasteiger partial charge in [0.05, 0.1) is 23.3 Å². The lowest BCUT2D eigenvalue weighted by Crippen LogP contribution is -1.86. The number of hydrogen-bond donors (Lipinski definition) is 0. The molecule has 0 saturated carbocycles. The summed E-state index contributed by atoms with van der Waals surface area (Å²) in [5, 5.41) is 18.1. The van der Waals surface area contributed by atoms with Gasteiger partial charge in [-0.1, -0.05) is 6.07 Å². The van der Waals surface area contributed by atoms with Crippen molar-refractivity contribution in [3.05, 3.63) is 46.3 Å². The van der Waals surface area contributed by atoms with Gasteiger partial charge < -0.3 is 0 Å². The van der Waals surface area contributed by atoms with Crippen molar-refractivity contribution in [3.8, 4) is 22.6 Å². The van der Waals surface area contributed by atoms with Gasteiger partial charge in [-0.15, -0.1) is 11.3 Å². The van der Waals surface area contributed by atoms with Gasteiger partial charge >= 0.3 is 0 Å². The van der Waals surface area contributed by atoms with Gasteiger partial charge in [-0.3, -0.25) is 0 Å². The van der Waals surface area contributed by atoms with Crippen LogP contribution >= 0.6 is 11.3 Å². The van der Waals surface area contributed by atoms with Crippen LogP contribution in [0.25, 0.3) is 10.4 Å². The lowest BCUT2D eigenvalue weighted by Gasteiger charge is -2.02. The van der Waals surface area contributed by atoms with Crippen molar-refractivity contribution in [2.75, 3.05) is 0 Å². The normalized spacial score (nSPS) is 9.44. The van der Waals surface area contributed by atoms with Crippen LogP contribution in [0.1, 0.15) is 16.0 Å². The molecule has 0 aliphatic rings. The van der Waals surface area contributed by atoms with Gasteiger partial charge in [0, 0.05) is 15.3 Å². The molecular formula is C13H8N2S. The lowest BCUT2D eigenvalue weighted by molar-refractivity contribution is 1.45. The van der Waals surface area contributed by atoms with Gasteiger partial charge in [0.2, 0.25) is 0 Å². The Morgan fingerprint density at radius 3 is 2.06 bits per heavy atom. The van der Waals surface area contributed by atoms with Crippen molar-refractivity contribution < 1.29 is 0 Å². The standard InChI is InChI=1S/C13H8N2S/c1-9-5-6-12(16-9)13-10(7-14)3-2-4-11(13)8-15/h2-6H,1H3. The second-order valence-electron chi connectivity index (χ2n) is 3.36. The van der Waals surface area contributed by atoms with Crippen molar-refractivity contribution in [3.63, 3.8) is 0 Å². The zero-order chi connectivity index (χ0) is 11.5. The second-order valence-corrected chi connectivity index (χ2v) is 4.65. The maximum absolute atomic E-state index is 9.05. The molecule has 16 heavy (non-hydrogen) atoms. The second kappa shape index (κ2) is 4.18. The third-order valence-corrected chi connectivity index (χ3v) is 3.31. The molecule has 0 radical (unpaired) electrons. The third kappa shape index (κ3) is 1.69. The predicted molar refractivity (Wildman–Crippen MR) is 63.9 cm³/mol. The van der Waals surface area contributed by atoms with E-state index < -0.39 is 0 Å². The summed E-state index contributed by atoms with van der Waals surface area (Å²) in [7, 11) is 0. The molecule has 0 fully saturated rings. The monoisotopic (exact) mass is 224 g/mol. The molecule has 0 aliphatic heterocycles. The summed E-state index contributed by atoms with van der Waals surface area (Å²) in [6.45, 7) is 2.01. The summed E-state index contributed by atoms with van der Waals surface area (Å²) in [4.78, 5) is 2.15. The maximum atomic E-state index is 9.05. The van der Waals surface area contributed by atoms with E-state index in [1.165, 1.54) is 4.88 Å². The van der Waals surface area contributed by atoms with E-state index in [-0.39, 0.29) is 0 Å². The Morgan fingerprint density at radius 1 is 1.00 bits per heavy atom. The van der Waals surface area contributed by atoms with Gasteiger partial charge in [0.25, 0.3) is 0 Å². The number of benzene rings is 1. The van der Waals surface area contributed by atoms with Crippen molar-refractivity contribution in [1.29, 1.82) is 10.5 Å². The van der Waals surface area contributed by atoms with E-state index in [4.69, 9.17) is 10.5 Å². The molecule has 2 nitrogen and oxygen atoms in total. The lowest BCUT2D eigenvalue weighted by atomic mass is 10.0. The molecule has 3 heteroatoms. The summed E-state index contributed by atoms with van der Waals surface area (Å²) in [6.07, 6.45) is 0. The van der Waals surface area contributed by atoms with Crippen LogP contribution in [0.2, 0.25) is 0 Å². The average molecular weight is 224 g/mol. The summed E-state index contributed by atoms with van der Waals surface area (Å²) in [5.74, 6) is 0.